The number of ketones is 1. The monoisotopic (exact) mass is 354 g/mol. The predicted molar refractivity (Wildman–Crippen MR) is 91.3 cm³/mol. The molecule has 24 heavy (non-hydrogen) atoms. The van der Waals surface area contributed by atoms with E-state index >= 15 is 0 Å². The molecule has 0 saturated carbocycles. The molecule has 0 aromatic carbocycles. The molecule has 0 fully saturated rings. The Bertz CT molecular complexity index is 352. The lowest BCUT2D eigenvalue weighted by Crippen LogP contribution is -2.18. The molecular weight excluding hydrogens is 320 g/mol. The molecule has 146 valence electrons. The van der Waals surface area contributed by atoms with E-state index in [0.29, 0.717) is 13.0 Å². The summed E-state index contributed by atoms with van der Waals surface area (Å²) in [7, 11) is 1.52. The minimum atomic E-state index is -0.877. The third-order valence-corrected chi connectivity index (χ3v) is 1.88. The Hall–Kier alpha value is -1.96. The molecule has 0 N–H and O–H groups in total. The first-order valence-corrected chi connectivity index (χ1v) is 5.91. The fraction of sp³-hybridized carbons (Fsp3) is 0.750. The van der Waals surface area contributed by atoms with Crippen molar-refractivity contribution in [3.63, 3.8) is 0 Å². The molecule has 0 unspecified atom stereocenters. The van der Waals surface area contributed by atoms with Gasteiger partial charge in [-0.1, -0.05) is 29.7 Å². The van der Waals surface area contributed by atoms with E-state index < -0.39 is 31.1 Å². The number of methoxy groups -OCH3 is 1. The Morgan fingerprint density at radius 2 is 1.17 bits per heavy atom. The smallest absolute Gasteiger partial charge is 0.320 e. The third kappa shape index (κ3) is 22.3. The average molecular weight is 354 g/mol. The minimum absolute atomic E-state index is 0. The van der Waals surface area contributed by atoms with Gasteiger partial charge in [0.05, 0.1) is 6.61 Å². The summed E-state index contributed by atoms with van der Waals surface area (Å²) in [6, 6.07) is 0. The molecule has 0 aliphatic rings. The SMILES string of the molecule is C.C.C.C.COCCCOC(=O)CC(=O)OCOC(=O)CC(C)=O. The second kappa shape index (κ2) is 21.0. The van der Waals surface area contributed by atoms with Gasteiger partial charge in [0.1, 0.15) is 18.6 Å². The first kappa shape index (κ1) is 33.6. The number of rotatable bonds is 10. The summed E-state index contributed by atoms with van der Waals surface area (Å²) in [5.74, 6) is -2.77. The van der Waals surface area contributed by atoms with Crippen LogP contribution in [0.2, 0.25) is 0 Å². The average Bonchev–Trinajstić information content (AvgIpc) is 2.33. The number of Topliss-reactive ketones (excluding diaryl/α,β-unsaturated/α-hetero) is 1. The van der Waals surface area contributed by atoms with E-state index in [-0.39, 0.29) is 48.5 Å². The number of hydrogen-bond donors (Lipinski definition) is 0. The largest absolute Gasteiger partial charge is 0.465 e. The Morgan fingerprint density at radius 1 is 0.708 bits per heavy atom. The molecule has 0 rings (SSSR count). The van der Waals surface area contributed by atoms with Crippen LogP contribution in [-0.4, -0.2) is 50.8 Å². The molecule has 0 spiro atoms. The van der Waals surface area contributed by atoms with Gasteiger partial charge in [0.15, 0.2) is 0 Å². The Balaban J connectivity index is -0.000000301. The van der Waals surface area contributed by atoms with Crippen molar-refractivity contribution >= 4 is 23.7 Å². The highest BCUT2D eigenvalue weighted by Gasteiger charge is 2.13. The van der Waals surface area contributed by atoms with Crippen molar-refractivity contribution in [1.82, 2.24) is 0 Å². The normalized spacial score (nSPS) is 8.08. The van der Waals surface area contributed by atoms with Gasteiger partial charge < -0.3 is 18.9 Å². The molecule has 8 nitrogen and oxygen atoms in total. The van der Waals surface area contributed by atoms with Crippen molar-refractivity contribution in [2.24, 2.45) is 0 Å². The first-order valence-electron chi connectivity index (χ1n) is 5.91. The second-order valence-corrected chi connectivity index (χ2v) is 3.77. The van der Waals surface area contributed by atoms with Crippen LogP contribution in [0.15, 0.2) is 0 Å². The molecule has 0 heterocycles. The molecular formula is C16H34O8. The van der Waals surface area contributed by atoms with Crippen LogP contribution in [0.25, 0.3) is 0 Å². The van der Waals surface area contributed by atoms with Crippen LogP contribution in [-0.2, 0) is 38.1 Å². The van der Waals surface area contributed by atoms with Crippen molar-refractivity contribution < 1.29 is 38.1 Å². The van der Waals surface area contributed by atoms with E-state index in [4.69, 9.17) is 9.47 Å². The van der Waals surface area contributed by atoms with Gasteiger partial charge in [-0.15, -0.1) is 0 Å². The summed E-state index contributed by atoms with van der Waals surface area (Å²) in [5, 5.41) is 0. The number of hydrogen-bond acceptors (Lipinski definition) is 8. The number of ether oxygens (including phenoxy) is 4. The van der Waals surface area contributed by atoms with Crippen LogP contribution in [0.4, 0.5) is 0 Å². The summed E-state index contributed by atoms with van der Waals surface area (Å²) in [6.45, 7) is 1.19. The van der Waals surface area contributed by atoms with Crippen LogP contribution in [0.3, 0.4) is 0 Å². The van der Waals surface area contributed by atoms with Gasteiger partial charge in [-0.2, -0.15) is 0 Å². The van der Waals surface area contributed by atoms with E-state index in [0.717, 1.165) is 0 Å². The Labute approximate surface area is 145 Å². The number of esters is 3. The quantitative estimate of drug-likeness (QED) is 0.255. The van der Waals surface area contributed by atoms with Crippen molar-refractivity contribution in [2.75, 3.05) is 27.1 Å². The fourth-order valence-corrected chi connectivity index (χ4v) is 1.02. The van der Waals surface area contributed by atoms with Gasteiger partial charge in [0, 0.05) is 20.1 Å². The van der Waals surface area contributed by atoms with Crippen molar-refractivity contribution in [1.29, 1.82) is 0 Å². The van der Waals surface area contributed by atoms with Crippen LogP contribution < -0.4 is 0 Å². The Kier molecular flexibility index (Phi) is 29.5. The zero-order chi connectivity index (χ0) is 15.4. The summed E-state index contributed by atoms with van der Waals surface area (Å²) in [4.78, 5) is 43.8. The maximum atomic E-state index is 11.1. The predicted octanol–water partition coefficient (Wildman–Crippen LogP) is 2.52. The molecule has 0 aromatic heterocycles. The standard InChI is InChI=1S/C12H18O8.4CH4/c1-9(13)6-10(14)19-8-20-12(16)7-11(15)18-5-3-4-17-2;;;;/h3-8H2,1-2H3;4*1H4. The van der Waals surface area contributed by atoms with Crippen LogP contribution in [0, 0.1) is 0 Å². The highest BCUT2D eigenvalue weighted by Crippen LogP contribution is 1.95. The lowest BCUT2D eigenvalue weighted by molar-refractivity contribution is -0.169. The molecule has 0 atom stereocenters. The van der Waals surface area contributed by atoms with E-state index in [1.165, 1.54) is 14.0 Å². The molecule has 0 amide bonds. The van der Waals surface area contributed by atoms with Gasteiger partial charge in [0.25, 0.3) is 0 Å². The van der Waals surface area contributed by atoms with Gasteiger partial charge in [-0.25, -0.2) is 0 Å². The molecule has 0 aromatic rings. The molecule has 0 bridgehead atoms. The molecule has 0 saturated heterocycles. The lowest BCUT2D eigenvalue weighted by atomic mass is 10.3. The van der Waals surface area contributed by atoms with Crippen molar-refractivity contribution in [2.45, 2.75) is 55.9 Å². The summed E-state index contributed by atoms with van der Waals surface area (Å²) in [5.41, 5.74) is 0. The topological polar surface area (TPSA) is 105 Å². The number of carbonyl (C=O) groups is 4. The fourth-order valence-electron chi connectivity index (χ4n) is 1.02. The molecule has 0 aliphatic carbocycles. The summed E-state index contributed by atoms with van der Waals surface area (Å²) < 4.78 is 18.4. The molecule has 0 radical (unpaired) electrons. The van der Waals surface area contributed by atoms with Crippen LogP contribution in [0.5, 0.6) is 0 Å². The molecule has 8 heteroatoms. The van der Waals surface area contributed by atoms with Crippen molar-refractivity contribution in [3.8, 4) is 0 Å². The highest BCUT2D eigenvalue weighted by molar-refractivity contribution is 5.94. The Morgan fingerprint density at radius 3 is 1.62 bits per heavy atom. The summed E-state index contributed by atoms with van der Waals surface area (Å²) in [6.07, 6.45) is -0.434. The molecule has 0 aliphatic heterocycles. The number of carbonyl (C=O) groups excluding carboxylic acids is 4. The minimum Gasteiger partial charge on any atom is -0.465 e. The lowest BCUT2D eigenvalue weighted by Gasteiger charge is -2.06. The van der Waals surface area contributed by atoms with Gasteiger partial charge in [0.2, 0.25) is 6.79 Å². The van der Waals surface area contributed by atoms with Crippen molar-refractivity contribution in [3.05, 3.63) is 0 Å². The second-order valence-electron chi connectivity index (χ2n) is 3.77. The summed E-state index contributed by atoms with van der Waals surface area (Å²) >= 11 is 0. The van der Waals surface area contributed by atoms with Crippen LogP contribution >= 0.6 is 0 Å². The van der Waals surface area contributed by atoms with E-state index in [9.17, 15) is 19.2 Å². The third-order valence-electron chi connectivity index (χ3n) is 1.88. The van der Waals surface area contributed by atoms with Crippen LogP contribution in [0.1, 0.15) is 55.9 Å². The maximum absolute atomic E-state index is 11.1. The zero-order valence-electron chi connectivity index (χ0n) is 11.5. The van der Waals surface area contributed by atoms with E-state index in [1.54, 1.807) is 0 Å². The van der Waals surface area contributed by atoms with Gasteiger partial charge in [-0.3, -0.25) is 19.2 Å². The highest BCUT2D eigenvalue weighted by atomic mass is 16.7. The van der Waals surface area contributed by atoms with E-state index in [2.05, 4.69) is 9.47 Å². The maximum Gasteiger partial charge on any atom is 0.320 e. The van der Waals surface area contributed by atoms with E-state index in [1.807, 2.05) is 0 Å². The van der Waals surface area contributed by atoms with Gasteiger partial charge in [-0.05, 0) is 6.92 Å². The zero-order valence-corrected chi connectivity index (χ0v) is 11.5. The first-order chi connectivity index (χ1) is 9.45. The van der Waals surface area contributed by atoms with Gasteiger partial charge >= 0.3 is 17.9 Å².